The molecule has 1 amide bonds. The van der Waals surface area contributed by atoms with Crippen LogP contribution in [0.5, 0.6) is 5.88 Å². The third kappa shape index (κ3) is 3.74. The second-order valence-electron chi connectivity index (χ2n) is 3.33. The lowest BCUT2D eigenvalue weighted by Gasteiger charge is -2.04. The standard InChI is InChI=1S/C10H15N3O3/c1-11-3-2-4-12-10(16)7-5-8(14)13-9(15)6-7/h5-6,11H,2-4H2,1H3,(H,12,16)(H2,13,14,15). The number of carbonyl (C=O) groups excluding carboxylic acids is 1. The molecule has 0 saturated carbocycles. The number of pyridine rings is 1. The Morgan fingerprint density at radius 2 is 2.19 bits per heavy atom. The Morgan fingerprint density at radius 1 is 1.44 bits per heavy atom. The van der Waals surface area contributed by atoms with E-state index in [0.29, 0.717) is 6.54 Å². The molecule has 16 heavy (non-hydrogen) atoms. The zero-order chi connectivity index (χ0) is 12.0. The van der Waals surface area contributed by atoms with Crippen molar-refractivity contribution in [1.82, 2.24) is 15.6 Å². The van der Waals surface area contributed by atoms with Gasteiger partial charge < -0.3 is 15.7 Å². The number of aromatic amines is 1. The fourth-order valence-corrected chi connectivity index (χ4v) is 1.23. The number of nitrogens with one attached hydrogen (secondary N) is 3. The maximum atomic E-state index is 11.5. The maximum Gasteiger partial charge on any atom is 0.251 e. The summed E-state index contributed by atoms with van der Waals surface area (Å²) in [6.45, 7) is 1.33. The SMILES string of the molecule is CNCCCNC(=O)c1cc(O)[nH]c(=O)c1. The lowest BCUT2D eigenvalue weighted by Crippen LogP contribution is -2.27. The molecule has 1 aromatic rings. The molecule has 0 aliphatic carbocycles. The Morgan fingerprint density at radius 3 is 2.81 bits per heavy atom. The lowest BCUT2D eigenvalue weighted by atomic mass is 10.2. The summed E-state index contributed by atoms with van der Waals surface area (Å²) in [5, 5.41) is 14.7. The van der Waals surface area contributed by atoms with Crippen LogP contribution in [0.1, 0.15) is 16.8 Å². The Bertz CT molecular complexity index is 414. The van der Waals surface area contributed by atoms with Gasteiger partial charge >= 0.3 is 0 Å². The first-order valence-electron chi connectivity index (χ1n) is 4.99. The first-order valence-corrected chi connectivity index (χ1v) is 4.99. The molecule has 88 valence electrons. The van der Waals surface area contributed by atoms with Crippen molar-refractivity contribution in [3.05, 3.63) is 28.0 Å². The highest BCUT2D eigenvalue weighted by Gasteiger charge is 2.06. The van der Waals surface area contributed by atoms with Crippen molar-refractivity contribution < 1.29 is 9.90 Å². The molecule has 0 aromatic carbocycles. The number of hydrogen-bond acceptors (Lipinski definition) is 4. The van der Waals surface area contributed by atoms with Crippen LogP contribution in [0.2, 0.25) is 0 Å². The van der Waals surface area contributed by atoms with Gasteiger partial charge in [0.1, 0.15) is 0 Å². The van der Waals surface area contributed by atoms with Gasteiger partial charge in [-0.3, -0.25) is 14.6 Å². The molecule has 0 fully saturated rings. The number of rotatable bonds is 5. The number of aromatic nitrogens is 1. The van der Waals surface area contributed by atoms with Gasteiger partial charge in [-0.2, -0.15) is 0 Å². The monoisotopic (exact) mass is 225 g/mol. The minimum atomic E-state index is -0.500. The van der Waals surface area contributed by atoms with Crippen LogP contribution in [0, 0.1) is 0 Å². The van der Waals surface area contributed by atoms with Crippen LogP contribution in [0.25, 0.3) is 0 Å². The average molecular weight is 225 g/mol. The average Bonchev–Trinajstić information content (AvgIpc) is 2.22. The van der Waals surface area contributed by atoms with Gasteiger partial charge in [-0.25, -0.2) is 0 Å². The molecule has 6 heteroatoms. The second-order valence-corrected chi connectivity index (χ2v) is 3.33. The van der Waals surface area contributed by atoms with E-state index in [1.807, 2.05) is 7.05 Å². The third-order valence-electron chi connectivity index (χ3n) is 1.98. The number of hydrogen-bond donors (Lipinski definition) is 4. The predicted octanol–water partition coefficient (Wildman–Crippen LogP) is -0.580. The molecule has 0 radical (unpaired) electrons. The maximum absolute atomic E-state index is 11.5. The molecule has 0 spiro atoms. The van der Waals surface area contributed by atoms with E-state index >= 15 is 0 Å². The summed E-state index contributed by atoms with van der Waals surface area (Å²) in [6.07, 6.45) is 0.803. The highest BCUT2D eigenvalue weighted by molar-refractivity contribution is 5.94. The van der Waals surface area contributed by atoms with Crippen molar-refractivity contribution in [2.75, 3.05) is 20.1 Å². The number of carbonyl (C=O) groups is 1. The van der Waals surface area contributed by atoms with Gasteiger partial charge in [-0.1, -0.05) is 0 Å². The summed E-state index contributed by atoms with van der Waals surface area (Å²) in [6, 6.07) is 2.36. The van der Waals surface area contributed by atoms with Crippen molar-refractivity contribution in [2.45, 2.75) is 6.42 Å². The van der Waals surface area contributed by atoms with E-state index in [2.05, 4.69) is 15.6 Å². The summed E-state index contributed by atoms with van der Waals surface area (Å²) in [4.78, 5) is 24.7. The van der Waals surface area contributed by atoms with Crippen LogP contribution in [-0.4, -0.2) is 36.1 Å². The number of aromatic hydroxyl groups is 1. The zero-order valence-electron chi connectivity index (χ0n) is 9.04. The summed E-state index contributed by atoms with van der Waals surface area (Å²) < 4.78 is 0. The molecule has 0 saturated heterocycles. The fourth-order valence-electron chi connectivity index (χ4n) is 1.23. The van der Waals surface area contributed by atoms with Crippen LogP contribution in [0.3, 0.4) is 0 Å². The van der Waals surface area contributed by atoms with Crippen molar-refractivity contribution in [1.29, 1.82) is 0 Å². The zero-order valence-corrected chi connectivity index (χ0v) is 9.04. The van der Waals surface area contributed by atoms with Crippen LogP contribution in [-0.2, 0) is 0 Å². The van der Waals surface area contributed by atoms with Crippen molar-refractivity contribution >= 4 is 5.91 Å². The van der Waals surface area contributed by atoms with Gasteiger partial charge in [-0.05, 0) is 20.0 Å². The summed E-state index contributed by atoms with van der Waals surface area (Å²) in [5.74, 6) is -0.676. The van der Waals surface area contributed by atoms with E-state index in [0.717, 1.165) is 19.0 Å². The van der Waals surface area contributed by atoms with Crippen LogP contribution in [0.4, 0.5) is 0 Å². The van der Waals surface area contributed by atoms with Crippen molar-refractivity contribution in [3.63, 3.8) is 0 Å². The van der Waals surface area contributed by atoms with E-state index in [4.69, 9.17) is 5.11 Å². The van der Waals surface area contributed by atoms with E-state index in [1.54, 1.807) is 0 Å². The molecule has 0 aliphatic heterocycles. The predicted molar refractivity (Wildman–Crippen MR) is 59.6 cm³/mol. The lowest BCUT2D eigenvalue weighted by molar-refractivity contribution is 0.0952. The van der Waals surface area contributed by atoms with Crippen LogP contribution < -0.4 is 16.2 Å². The number of amides is 1. The Kier molecular flexibility index (Phi) is 4.53. The van der Waals surface area contributed by atoms with Gasteiger partial charge in [-0.15, -0.1) is 0 Å². The highest BCUT2D eigenvalue weighted by Crippen LogP contribution is 2.03. The molecule has 4 N–H and O–H groups in total. The first kappa shape index (κ1) is 12.3. The van der Waals surface area contributed by atoms with Gasteiger partial charge in [0, 0.05) is 18.7 Å². The summed E-state index contributed by atoms with van der Waals surface area (Å²) in [7, 11) is 1.83. The molecule has 0 aliphatic rings. The van der Waals surface area contributed by atoms with Gasteiger partial charge in [0.25, 0.3) is 11.5 Å². The highest BCUT2D eigenvalue weighted by atomic mass is 16.3. The Labute approximate surface area is 92.7 Å². The summed E-state index contributed by atoms with van der Waals surface area (Å²) in [5.41, 5.74) is -0.342. The second kappa shape index (κ2) is 5.92. The van der Waals surface area contributed by atoms with Crippen molar-refractivity contribution in [2.24, 2.45) is 0 Å². The Balaban J connectivity index is 2.56. The molecule has 1 heterocycles. The fraction of sp³-hybridized carbons (Fsp3) is 0.400. The van der Waals surface area contributed by atoms with Crippen LogP contribution >= 0.6 is 0 Å². The minimum absolute atomic E-state index is 0.158. The summed E-state index contributed by atoms with van der Waals surface area (Å²) >= 11 is 0. The first-order chi connectivity index (χ1) is 7.63. The third-order valence-corrected chi connectivity index (χ3v) is 1.98. The quantitative estimate of drug-likeness (QED) is 0.504. The van der Waals surface area contributed by atoms with E-state index in [9.17, 15) is 9.59 Å². The molecule has 0 atom stereocenters. The molecule has 1 rings (SSSR count). The molecular formula is C10H15N3O3. The Hall–Kier alpha value is -1.82. The minimum Gasteiger partial charge on any atom is -0.494 e. The van der Waals surface area contributed by atoms with Crippen LogP contribution in [0.15, 0.2) is 16.9 Å². The molecule has 6 nitrogen and oxygen atoms in total. The van der Waals surface area contributed by atoms with E-state index in [-0.39, 0.29) is 17.4 Å². The smallest absolute Gasteiger partial charge is 0.251 e. The van der Waals surface area contributed by atoms with E-state index < -0.39 is 5.56 Å². The molecule has 0 bridgehead atoms. The number of H-pyrrole nitrogens is 1. The van der Waals surface area contributed by atoms with Gasteiger partial charge in [0.15, 0.2) is 5.88 Å². The van der Waals surface area contributed by atoms with E-state index in [1.165, 1.54) is 6.07 Å². The van der Waals surface area contributed by atoms with Gasteiger partial charge in [0.2, 0.25) is 0 Å². The molecule has 0 unspecified atom stereocenters. The van der Waals surface area contributed by atoms with Gasteiger partial charge in [0.05, 0.1) is 5.56 Å². The molecule has 1 aromatic heterocycles. The van der Waals surface area contributed by atoms with Crippen molar-refractivity contribution in [3.8, 4) is 5.88 Å². The topological polar surface area (TPSA) is 94.2 Å². The molecular weight excluding hydrogens is 210 g/mol. The normalized spacial score (nSPS) is 10.1. The largest absolute Gasteiger partial charge is 0.494 e.